The average Bonchev–Trinajstić information content (AvgIpc) is 2.57. The van der Waals surface area contributed by atoms with E-state index in [1.807, 2.05) is 0 Å². The van der Waals surface area contributed by atoms with E-state index in [1.54, 1.807) is 17.7 Å². The van der Waals surface area contributed by atoms with E-state index < -0.39 is 9.84 Å². The van der Waals surface area contributed by atoms with Crippen molar-refractivity contribution in [2.24, 2.45) is 0 Å². The zero-order valence-electron chi connectivity index (χ0n) is 9.61. The second kappa shape index (κ2) is 5.68. The highest BCUT2D eigenvalue weighted by Crippen LogP contribution is 2.12. The Morgan fingerprint density at radius 2 is 2.12 bits per heavy atom. The molecule has 1 rings (SSSR count). The maximum absolute atomic E-state index is 11.3. The number of sulfone groups is 1. The maximum atomic E-state index is 11.3. The van der Waals surface area contributed by atoms with Crippen molar-refractivity contribution >= 4 is 21.4 Å². The number of hydrogen-bond acceptors (Lipinski definition) is 3. The summed E-state index contributed by atoms with van der Waals surface area (Å²) in [6, 6.07) is 1.80. The van der Waals surface area contributed by atoms with Crippen LogP contribution >= 0.6 is 11.6 Å². The number of nitrogens with zero attached hydrogens (tertiary/aromatic N) is 2. The molecule has 1 heterocycles. The van der Waals surface area contributed by atoms with Gasteiger partial charge in [-0.25, -0.2) is 8.42 Å². The predicted octanol–water partition coefficient (Wildman–Crippen LogP) is 1.92. The van der Waals surface area contributed by atoms with Crippen LogP contribution in [0.1, 0.15) is 26.0 Å². The molecule has 0 bridgehead atoms. The van der Waals surface area contributed by atoms with E-state index in [9.17, 15) is 8.42 Å². The number of aryl methyl sites for hydroxylation is 2. The summed E-state index contributed by atoms with van der Waals surface area (Å²) in [6.07, 6.45) is 1.87. The lowest BCUT2D eigenvalue weighted by Crippen LogP contribution is -2.15. The Balaban J connectivity index is 2.67. The third-order valence-corrected chi connectivity index (χ3v) is 4.33. The lowest BCUT2D eigenvalue weighted by Gasteiger charge is -2.03. The maximum Gasteiger partial charge on any atom is 0.151 e. The van der Waals surface area contributed by atoms with E-state index in [2.05, 4.69) is 12.0 Å². The van der Waals surface area contributed by atoms with Gasteiger partial charge in [-0.1, -0.05) is 31.9 Å². The van der Waals surface area contributed by atoms with Crippen molar-refractivity contribution in [3.63, 3.8) is 0 Å². The smallest absolute Gasteiger partial charge is 0.151 e. The van der Waals surface area contributed by atoms with Gasteiger partial charge < -0.3 is 0 Å². The topological polar surface area (TPSA) is 52.0 Å². The molecule has 0 N–H and O–H groups in total. The van der Waals surface area contributed by atoms with Crippen LogP contribution in [0, 0.1) is 0 Å². The molecule has 4 nitrogen and oxygen atoms in total. The minimum absolute atomic E-state index is 0.0937. The molecular weight excluding hydrogens is 248 g/mol. The van der Waals surface area contributed by atoms with Gasteiger partial charge in [-0.05, 0) is 12.5 Å². The SMILES string of the molecule is CCCc1cc(Cl)n(CCS(=O)(=O)CC)n1. The summed E-state index contributed by atoms with van der Waals surface area (Å²) in [6.45, 7) is 4.04. The predicted molar refractivity (Wildman–Crippen MR) is 65.6 cm³/mol. The van der Waals surface area contributed by atoms with Gasteiger partial charge in [-0.15, -0.1) is 0 Å². The van der Waals surface area contributed by atoms with Gasteiger partial charge in [0.1, 0.15) is 5.15 Å². The molecule has 0 amide bonds. The van der Waals surface area contributed by atoms with Crippen molar-refractivity contribution in [1.82, 2.24) is 9.78 Å². The molecule has 0 saturated carbocycles. The lowest BCUT2D eigenvalue weighted by atomic mass is 10.3. The first-order valence-corrected chi connectivity index (χ1v) is 7.61. The van der Waals surface area contributed by atoms with Gasteiger partial charge in [0.25, 0.3) is 0 Å². The van der Waals surface area contributed by atoms with Crippen molar-refractivity contribution in [3.8, 4) is 0 Å². The molecule has 0 saturated heterocycles. The van der Waals surface area contributed by atoms with Gasteiger partial charge in [0.05, 0.1) is 18.0 Å². The van der Waals surface area contributed by atoms with E-state index in [-0.39, 0.29) is 11.5 Å². The van der Waals surface area contributed by atoms with Crippen LogP contribution in [0.3, 0.4) is 0 Å². The third kappa shape index (κ3) is 3.79. The van der Waals surface area contributed by atoms with Crippen LogP contribution < -0.4 is 0 Å². The quantitative estimate of drug-likeness (QED) is 0.789. The number of rotatable bonds is 6. The van der Waals surface area contributed by atoms with E-state index in [1.165, 1.54) is 0 Å². The van der Waals surface area contributed by atoms with Crippen LogP contribution in [0.15, 0.2) is 6.07 Å². The summed E-state index contributed by atoms with van der Waals surface area (Å²) in [5, 5.41) is 4.77. The van der Waals surface area contributed by atoms with Crippen molar-refractivity contribution in [3.05, 3.63) is 16.9 Å². The van der Waals surface area contributed by atoms with Gasteiger partial charge in [0.15, 0.2) is 9.84 Å². The van der Waals surface area contributed by atoms with Crippen molar-refractivity contribution in [2.75, 3.05) is 11.5 Å². The first-order chi connectivity index (χ1) is 7.48. The molecule has 0 aliphatic heterocycles. The number of halogens is 1. The zero-order valence-corrected chi connectivity index (χ0v) is 11.2. The third-order valence-electron chi connectivity index (χ3n) is 2.34. The van der Waals surface area contributed by atoms with Crippen LogP contribution in [0.5, 0.6) is 0 Å². The first-order valence-electron chi connectivity index (χ1n) is 5.41. The molecule has 0 aliphatic rings. The highest BCUT2D eigenvalue weighted by Gasteiger charge is 2.10. The summed E-state index contributed by atoms with van der Waals surface area (Å²) in [5.41, 5.74) is 0.918. The van der Waals surface area contributed by atoms with Crippen molar-refractivity contribution in [2.45, 2.75) is 33.2 Å². The Bertz CT molecular complexity index is 440. The minimum Gasteiger partial charge on any atom is -0.253 e. The minimum atomic E-state index is -2.96. The lowest BCUT2D eigenvalue weighted by molar-refractivity contribution is 0.580. The largest absolute Gasteiger partial charge is 0.253 e. The zero-order chi connectivity index (χ0) is 12.2. The van der Waals surface area contributed by atoms with Gasteiger partial charge in [0.2, 0.25) is 0 Å². The Morgan fingerprint density at radius 1 is 1.44 bits per heavy atom. The van der Waals surface area contributed by atoms with E-state index in [0.29, 0.717) is 11.7 Å². The summed E-state index contributed by atoms with van der Waals surface area (Å²) in [5.74, 6) is 0.254. The van der Waals surface area contributed by atoms with Crippen molar-refractivity contribution in [1.29, 1.82) is 0 Å². The van der Waals surface area contributed by atoms with Crippen LogP contribution in [0.2, 0.25) is 5.15 Å². The normalized spacial score (nSPS) is 11.9. The van der Waals surface area contributed by atoms with Crippen molar-refractivity contribution < 1.29 is 8.42 Å². The molecule has 0 aliphatic carbocycles. The van der Waals surface area contributed by atoms with Gasteiger partial charge in [-0.2, -0.15) is 5.10 Å². The van der Waals surface area contributed by atoms with E-state index in [0.717, 1.165) is 18.5 Å². The van der Waals surface area contributed by atoms with Gasteiger partial charge in [-0.3, -0.25) is 4.68 Å². The molecule has 0 unspecified atom stereocenters. The van der Waals surface area contributed by atoms with Crippen LogP contribution in [-0.2, 0) is 22.8 Å². The molecule has 1 aromatic rings. The second-order valence-electron chi connectivity index (χ2n) is 3.67. The molecule has 1 aromatic heterocycles. The number of hydrogen-bond donors (Lipinski definition) is 0. The van der Waals surface area contributed by atoms with Crippen LogP contribution in [-0.4, -0.2) is 29.7 Å². The van der Waals surface area contributed by atoms with E-state index in [4.69, 9.17) is 11.6 Å². The monoisotopic (exact) mass is 264 g/mol. The molecule has 0 spiro atoms. The Morgan fingerprint density at radius 3 is 2.69 bits per heavy atom. The molecular formula is C10H17ClN2O2S. The van der Waals surface area contributed by atoms with Gasteiger partial charge >= 0.3 is 0 Å². The van der Waals surface area contributed by atoms with E-state index >= 15 is 0 Å². The molecule has 0 aromatic carbocycles. The first kappa shape index (κ1) is 13.5. The summed E-state index contributed by atoms with van der Waals surface area (Å²) in [4.78, 5) is 0. The Labute approximate surface area is 102 Å². The molecule has 0 fully saturated rings. The fourth-order valence-corrected chi connectivity index (χ4v) is 2.34. The molecule has 16 heavy (non-hydrogen) atoms. The highest BCUT2D eigenvalue weighted by atomic mass is 35.5. The molecule has 92 valence electrons. The van der Waals surface area contributed by atoms with Crippen LogP contribution in [0.25, 0.3) is 0 Å². The average molecular weight is 265 g/mol. The summed E-state index contributed by atoms with van der Waals surface area (Å²) >= 11 is 5.96. The van der Waals surface area contributed by atoms with Gasteiger partial charge in [0, 0.05) is 5.75 Å². The Kier molecular flexibility index (Phi) is 4.80. The summed E-state index contributed by atoms with van der Waals surface area (Å²) < 4.78 is 24.2. The fraction of sp³-hybridized carbons (Fsp3) is 0.700. The molecule has 6 heteroatoms. The summed E-state index contributed by atoms with van der Waals surface area (Å²) in [7, 11) is -2.96. The number of aromatic nitrogens is 2. The standard InChI is InChI=1S/C10H17ClN2O2S/c1-3-5-9-8-10(11)13(12-9)6-7-16(14,15)4-2/h8H,3-7H2,1-2H3. The second-order valence-corrected chi connectivity index (χ2v) is 6.53. The molecule has 0 radical (unpaired) electrons. The Hall–Kier alpha value is -0.550. The fourth-order valence-electron chi connectivity index (χ4n) is 1.35. The highest BCUT2D eigenvalue weighted by molar-refractivity contribution is 7.91. The molecule has 0 atom stereocenters. The van der Waals surface area contributed by atoms with Crippen LogP contribution in [0.4, 0.5) is 0 Å².